The van der Waals surface area contributed by atoms with Crippen molar-refractivity contribution >= 4 is 17.6 Å². The summed E-state index contributed by atoms with van der Waals surface area (Å²) in [7, 11) is 0. The van der Waals surface area contributed by atoms with Crippen LogP contribution in [0.5, 0.6) is 0 Å². The third-order valence-electron chi connectivity index (χ3n) is 2.38. The van der Waals surface area contributed by atoms with E-state index in [1.54, 1.807) is 24.3 Å². The summed E-state index contributed by atoms with van der Waals surface area (Å²) in [5.41, 5.74) is 0.752. The van der Waals surface area contributed by atoms with Gasteiger partial charge in [-0.05, 0) is 18.2 Å². The molecule has 0 radical (unpaired) electrons. The van der Waals surface area contributed by atoms with Gasteiger partial charge in [0, 0.05) is 16.1 Å². The van der Waals surface area contributed by atoms with Crippen molar-refractivity contribution in [3.63, 3.8) is 0 Å². The van der Waals surface area contributed by atoms with Gasteiger partial charge in [-0.15, -0.1) is 0 Å². The number of benzene rings is 2. The number of carbonyl (C=O) groups is 1. The minimum atomic E-state index is -1.16. The fourth-order valence-electron chi connectivity index (χ4n) is 1.55. The van der Waals surface area contributed by atoms with Gasteiger partial charge in [-0.25, -0.2) is 9.18 Å². The quantitative estimate of drug-likeness (QED) is 0.879. The SMILES string of the molecule is O=C(O)c1ccc(-c2ccccc2Cl)c(F)c1. The lowest BCUT2D eigenvalue weighted by Gasteiger charge is -2.06. The van der Waals surface area contributed by atoms with Crippen LogP contribution in [0.25, 0.3) is 11.1 Å². The fraction of sp³-hybridized carbons (Fsp3) is 0. The van der Waals surface area contributed by atoms with E-state index >= 15 is 0 Å². The van der Waals surface area contributed by atoms with E-state index in [4.69, 9.17) is 16.7 Å². The molecular weight excluding hydrogens is 243 g/mol. The van der Waals surface area contributed by atoms with Crippen molar-refractivity contribution in [2.75, 3.05) is 0 Å². The first-order valence-corrected chi connectivity index (χ1v) is 5.25. The fourth-order valence-corrected chi connectivity index (χ4v) is 1.78. The second-order valence-electron chi connectivity index (χ2n) is 3.48. The predicted octanol–water partition coefficient (Wildman–Crippen LogP) is 3.84. The largest absolute Gasteiger partial charge is 0.478 e. The highest BCUT2D eigenvalue weighted by molar-refractivity contribution is 6.33. The van der Waals surface area contributed by atoms with Gasteiger partial charge in [0.2, 0.25) is 0 Å². The van der Waals surface area contributed by atoms with Gasteiger partial charge in [0.15, 0.2) is 0 Å². The predicted molar refractivity (Wildman–Crippen MR) is 63.8 cm³/mol. The smallest absolute Gasteiger partial charge is 0.335 e. The van der Waals surface area contributed by atoms with Gasteiger partial charge < -0.3 is 5.11 Å². The highest BCUT2D eigenvalue weighted by Gasteiger charge is 2.11. The zero-order chi connectivity index (χ0) is 12.4. The van der Waals surface area contributed by atoms with Gasteiger partial charge in [-0.3, -0.25) is 0 Å². The van der Waals surface area contributed by atoms with Crippen LogP contribution >= 0.6 is 11.6 Å². The Morgan fingerprint density at radius 3 is 2.41 bits per heavy atom. The Morgan fingerprint density at radius 2 is 1.82 bits per heavy atom. The Kier molecular flexibility index (Phi) is 3.11. The summed E-state index contributed by atoms with van der Waals surface area (Å²) in [6, 6.07) is 10.6. The molecule has 4 heteroatoms. The summed E-state index contributed by atoms with van der Waals surface area (Å²) >= 11 is 5.95. The molecule has 0 aliphatic heterocycles. The number of hydrogen-bond donors (Lipinski definition) is 1. The maximum Gasteiger partial charge on any atom is 0.335 e. The minimum absolute atomic E-state index is 0.0849. The van der Waals surface area contributed by atoms with E-state index in [9.17, 15) is 9.18 Å². The van der Waals surface area contributed by atoms with E-state index < -0.39 is 11.8 Å². The minimum Gasteiger partial charge on any atom is -0.478 e. The molecule has 0 amide bonds. The lowest BCUT2D eigenvalue weighted by atomic mass is 10.0. The van der Waals surface area contributed by atoms with Gasteiger partial charge in [-0.1, -0.05) is 35.9 Å². The van der Waals surface area contributed by atoms with Gasteiger partial charge >= 0.3 is 5.97 Å². The monoisotopic (exact) mass is 250 g/mol. The Balaban J connectivity index is 2.55. The van der Waals surface area contributed by atoms with Crippen LogP contribution in [-0.2, 0) is 0 Å². The topological polar surface area (TPSA) is 37.3 Å². The Hall–Kier alpha value is -1.87. The van der Waals surface area contributed by atoms with Gasteiger partial charge in [-0.2, -0.15) is 0 Å². The highest BCUT2D eigenvalue weighted by atomic mass is 35.5. The third-order valence-corrected chi connectivity index (χ3v) is 2.71. The maximum atomic E-state index is 13.8. The highest BCUT2D eigenvalue weighted by Crippen LogP contribution is 2.29. The first-order valence-electron chi connectivity index (χ1n) is 4.87. The zero-order valence-electron chi connectivity index (χ0n) is 8.65. The first-order chi connectivity index (χ1) is 8.09. The van der Waals surface area contributed by atoms with Gasteiger partial charge in [0.25, 0.3) is 0 Å². The van der Waals surface area contributed by atoms with Crippen molar-refractivity contribution in [3.05, 3.63) is 58.9 Å². The molecule has 2 nitrogen and oxygen atoms in total. The molecule has 2 aromatic carbocycles. The van der Waals surface area contributed by atoms with Crippen molar-refractivity contribution in [1.82, 2.24) is 0 Å². The van der Waals surface area contributed by atoms with E-state index in [0.29, 0.717) is 16.1 Å². The Morgan fingerprint density at radius 1 is 1.12 bits per heavy atom. The van der Waals surface area contributed by atoms with Gasteiger partial charge in [0.1, 0.15) is 5.82 Å². The summed E-state index contributed by atoms with van der Waals surface area (Å²) in [5, 5.41) is 9.16. The molecule has 0 spiro atoms. The molecule has 0 aliphatic carbocycles. The van der Waals surface area contributed by atoms with Crippen LogP contribution in [-0.4, -0.2) is 11.1 Å². The number of rotatable bonds is 2. The summed E-state index contributed by atoms with van der Waals surface area (Å²) < 4.78 is 13.8. The molecule has 0 heterocycles. The Labute approximate surface area is 102 Å². The molecule has 0 atom stereocenters. The van der Waals surface area contributed by atoms with Crippen LogP contribution < -0.4 is 0 Å². The number of hydrogen-bond acceptors (Lipinski definition) is 1. The standard InChI is InChI=1S/C13H8ClFO2/c14-11-4-2-1-3-9(11)10-6-5-8(13(16)17)7-12(10)15/h1-7H,(H,16,17). The normalized spacial score (nSPS) is 10.2. The van der Waals surface area contributed by atoms with Crippen LogP contribution in [0.3, 0.4) is 0 Å². The second-order valence-corrected chi connectivity index (χ2v) is 3.89. The second kappa shape index (κ2) is 4.55. The number of carboxylic acid groups (broad SMARTS) is 1. The molecule has 86 valence electrons. The van der Waals surface area contributed by atoms with Crippen molar-refractivity contribution in [2.45, 2.75) is 0 Å². The molecule has 0 aromatic heterocycles. The van der Waals surface area contributed by atoms with Crippen molar-refractivity contribution < 1.29 is 14.3 Å². The number of carboxylic acids is 1. The first kappa shape index (κ1) is 11.6. The lowest BCUT2D eigenvalue weighted by Crippen LogP contribution is -1.97. The molecule has 0 saturated heterocycles. The maximum absolute atomic E-state index is 13.8. The molecule has 2 aromatic rings. The van der Waals surface area contributed by atoms with Crippen molar-refractivity contribution in [2.24, 2.45) is 0 Å². The van der Waals surface area contributed by atoms with E-state index in [-0.39, 0.29) is 5.56 Å². The lowest BCUT2D eigenvalue weighted by molar-refractivity contribution is 0.0696. The number of aromatic carboxylic acids is 1. The molecule has 0 unspecified atom stereocenters. The molecule has 0 aliphatic rings. The summed E-state index contributed by atoms with van der Waals surface area (Å²) in [6.45, 7) is 0. The van der Waals surface area contributed by atoms with Crippen LogP contribution in [0.4, 0.5) is 4.39 Å². The number of halogens is 2. The molecule has 1 N–H and O–H groups in total. The van der Waals surface area contributed by atoms with Crippen LogP contribution in [0.1, 0.15) is 10.4 Å². The Bertz CT molecular complexity index is 581. The summed E-state index contributed by atoms with van der Waals surface area (Å²) in [5.74, 6) is -1.76. The average Bonchev–Trinajstić information content (AvgIpc) is 2.30. The van der Waals surface area contributed by atoms with Crippen LogP contribution in [0, 0.1) is 5.82 Å². The molecule has 0 fully saturated rings. The molecule has 0 saturated carbocycles. The molecule has 2 rings (SSSR count). The average molecular weight is 251 g/mol. The summed E-state index contributed by atoms with van der Waals surface area (Å²) in [4.78, 5) is 10.7. The van der Waals surface area contributed by atoms with E-state index in [1.807, 2.05) is 0 Å². The zero-order valence-corrected chi connectivity index (χ0v) is 9.41. The molecule has 0 bridgehead atoms. The van der Waals surface area contributed by atoms with Gasteiger partial charge in [0.05, 0.1) is 5.56 Å². The van der Waals surface area contributed by atoms with Crippen molar-refractivity contribution in [1.29, 1.82) is 0 Å². The van der Waals surface area contributed by atoms with Crippen LogP contribution in [0.2, 0.25) is 5.02 Å². The van der Waals surface area contributed by atoms with E-state index in [1.165, 1.54) is 12.1 Å². The van der Waals surface area contributed by atoms with E-state index in [2.05, 4.69) is 0 Å². The molecular formula is C13H8ClFO2. The third kappa shape index (κ3) is 2.29. The molecule has 17 heavy (non-hydrogen) atoms. The van der Waals surface area contributed by atoms with Crippen LogP contribution in [0.15, 0.2) is 42.5 Å². The van der Waals surface area contributed by atoms with E-state index in [0.717, 1.165) is 6.07 Å². The van der Waals surface area contributed by atoms with Crippen molar-refractivity contribution in [3.8, 4) is 11.1 Å². The summed E-state index contributed by atoms with van der Waals surface area (Å²) in [6.07, 6.45) is 0.